The molecule has 1 unspecified atom stereocenters. The fraction of sp³-hybridized carbons (Fsp3) is 0.333. The smallest absolute Gasteiger partial charge is 0.165 e. The number of ether oxygens (including phenoxy) is 1. The van der Waals surface area contributed by atoms with Crippen LogP contribution in [0.25, 0.3) is 11.3 Å². The second kappa shape index (κ2) is 5.86. The Bertz CT molecular complexity index is 616. The maximum Gasteiger partial charge on any atom is 0.165 e. The van der Waals surface area contributed by atoms with Crippen molar-refractivity contribution in [1.82, 2.24) is 9.97 Å². The van der Waals surface area contributed by atoms with E-state index in [0.29, 0.717) is 22.8 Å². The van der Waals surface area contributed by atoms with Crippen molar-refractivity contribution in [1.29, 1.82) is 0 Å². The van der Waals surface area contributed by atoms with E-state index in [0.717, 1.165) is 6.42 Å². The van der Waals surface area contributed by atoms with Gasteiger partial charge in [-0.05, 0) is 38.5 Å². The van der Waals surface area contributed by atoms with Crippen LogP contribution in [0.1, 0.15) is 26.0 Å². The highest BCUT2D eigenvalue weighted by molar-refractivity contribution is 5.60. The summed E-state index contributed by atoms with van der Waals surface area (Å²) < 4.78 is 19.5. The van der Waals surface area contributed by atoms with E-state index in [1.165, 1.54) is 12.3 Å². The van der Waals surface area contributed by atoms with Crippen LogP contribution in [0, 0.1) is 12.7 Å². The molecule has 2 N–H and O–H groups in total. The van der Waals surface area contributed by atoms with Crippen molar-refractivity contribution in [2.75, 3.05) is 5.73 Å². The Morgan fingerprint density at radius 1 is 1.40 bits per heavy atom. The molecule has 0 bridgehead atoms. The molecule has 0 spiro atoms. The van der Waals surface area contributed by atoms with Crippen molar-refractivity contribution in [2.45, 2.75) is 33.3 Å². The number of nitrogen functional groups attached to an aromatic ring is 1. The Balaban J connectivity index is 2.30. The predicted octanol–water partition coefficient (Wildman–Crippen LogP) is 3.35. The molecule has 2 aromatic rings. The van der Waals surface area contributed by atoms with Crippen molar-refractivity contribution in [3.05, 3.63) is 35.9 Å². The second-order valence-electron chi connectivity index (χ2n) is 4.71. The van der Waals surface area contributed by atoms with Gasteiger partial charge >= 0.3 is 0 Å². The van der Waals surface area contributed by atoms with Crippen LogP contribution in [0.15, 0.2) is 24.4 Å². The molecule has 0 aliphatic heterocycles. The third-order valence-electron chi connectivity index (χ3n) is 3.12. The molecular formula is C15H18FN3O. The molecule has 0 saturated heterocycles. The molecule has 0 fully saturated rings. The summed E-state index contributed by atoms with van der Waals surface area (Å²) >= 11 is 0. The normalized spacial score (nSPS) is 12.2. The summed E-state index contributed by atoms with van der Waals surface area (Å²) in [4.78, 5) is 8.33. The van der Waals surface area contributed by atoms with E-state index in [2.05, 4.69) is 9.97 Å². The van der Waals surface area contributed by atoms with Crippen LogP contribution < -0.4 is 10.5 Å². The monoisotopic (exact) mass is 275 g/mol. The molecule has 2 rings (SSSR count). The number of aromatic nitrogens is 2. The Kier molecular flexibility index (Phi) is 4.17. The van der Waals surface area contributed by atoms with Gasteiger partial charge in [-0.25, -0.2) is 14.4 Å². The highest BCUT2D eigenvalue weighted by Crippen LogP contribution is 2.25. The first kappa shape index (κ1) is 14.2. The lowest BCUT2D eigenvalue weighted by Crippen LogP contribution is -2.10. The summed E-state index contributed by atoms with van der Waals surface area (Å²) in [5.41, 5.74) is 7.49. The summed E-state index contributed by atoms with van der Waals surface area (Å²) in [5.74, 6) is 0.230. The number of nitrogens with two attached hydrogens (primary N) is 1. The minimum atomic E-state index is -0.404. The Hall–Kier alpha value is -2.17. The topological polar surface area (TPSA) is 61.0 Å². The van der Waals surface area contributed by atoms with Crippen LogP contribution >= 0.6 is 0 Å². The molecule has 106 valence electrons. The Morgan fingerprint density at radius 2 is 2.15 bits per heavy atom. The van der Waals surface area contributed by atoms with Crippen LogP contribution in [0.2, 0.25) is 0 Å². The molecule has 1 atom stereocenters. The van der Waals surface area contributed by atoms with E-state index < -0.39 is 5.82 Å². The van der Waals surface area contributed by atoms with Crippen LogP contribution in [-0.4, -0.2) is 16.1 Å². The zero-order chi connectivity index (χ0) is 14.7. The van der Waals surface area contributed by atoms with Crippen molar-refractivity contribution in [3.8, 4) is 17.0 Å². The maximum absolute atomic E-state index is 14.0. The largest absolute Gasteiger partial charge is 0.488 e. The summed E-state index contributed by atoms with van der Waals surface area (Å²) in [6.45, 7) is 5.66. The summed E-state index contributed by atoms with van der Waals surface area (Å²) in [7, 11) is 0. The van der Waals surface area contributed by atoms with Gasteiger partial charge in [0, 0.05) is 5.56 Å². The van der Waals surface area contributed by atoms with Gasteiger partial charge in [-0.3, -0.25) is 0 Å². The summed E-state index contributed by atoms with van der Waals surface area (Å²) in [6, 6.07) is 4.78. The first-order valence-electron chi connectivity index (χ1n) is 6.57. The molecule has 1 aromatic carbocycles. The van der Waals surface area contributed by atoms with Crippen LogP contribution in [0.3, 0.4) is 0 Å². The maximum atomic E-state index is 14.0. The molecule has 20 heavy (non-hydrogen) atoms. The average molecular weight is 275 g/mol. The van der Waals surface area contributed by atoms with Gasteiger partial charge < -0.3 is 10.5 Å². The van der Waals surface area contributed by atoms with E-state index in [9.17, 15) is 4.39 Å². The summed E-state index contributed by atoms with van der Waals surface area (Å²) in [5, 5.41) is 0. The number of anilines is 1. The van der Waals surface area contributed by atoms with Gasteiger partial charge in [0.1, 0.15) is 5.82 Å². The van der Waals surface area contributed by atoms with Crippen molar-refractivity contribution < 1.29 is 9.13 Å². The summed E-state index contributed by atoms with van der Waals surface area (Å²) in [6.07, 6.45) is 2.34. The molecular weight excluding hydrogens is 257 g/mol. The van der Waals surface area contributed by atoms with Gasteiger partial charge in [-0.2, -0.15) is 0 Å². The lowest BCUT2D eigenvalue weighted by atomic mass is 10.1. The molecule has 0 aliphatic carbocycles. The first-order chi connectivity index (χ1) is 9.51. The van der Waals surface area contributed by atoms with Gasteiger partial charge in [0.15, 0.2) is 11.6 Å². The van der Waals surface area contributed by atoms with E-state index in [1.54, 1.807) is 19.1 Å². The van der Waals surface area contributed by atoms with Gasteiger partial charge in [-0.15, -0.1) is 0 Å². The van der Waals surface area contributed by atoms with Crippen molar-refractivity contribution in [2.24, 2.45) is 0 Å². The number of rotatable bonds is 4. The number of hydrogen-bond donors (Lipinski definition) is 1. The van der Waals surface area contributed by atoms with Gasteiger partial charge in [-0.1, -0.05) is 6.92 Å². The Morgan fingerprint density at radius 3 is 2.75 bits per heavy atom. The van der Waals surface area contributed by atoms with E-state index in [4.69, 9.17) is 10.5 Å². The zero-order valence-corrected chi connectivity index (χ0v) is 11.9. The van der Waals surface area contributed by atoms with Gasteiger partial charge in [0.2, 0.25) is 0 Å². The number of nitrogens with zero attached hydrogens (tertiary/aromatic N) is 2. The number of benzene rings is 1. The third-order valence-corrected chi connectivity index (χ3v) is 3.12. The van der Waals surface area contributed by atoms with E-state index >= 15 is 0 Å². The molecule has 4 nitrogen and oxygen atoms in total. The standard InChI is InChI=1S/C15H18FN3O/c1-4-9(2)20-14-6-5-11(7-12(14)16)13-8-18-15(17)10(3)19-13/h5-9H,4H2,1-3H3,(H2,17,18). The highest BCUT2D eigenvalue weighted by Gasteiger charge is 2.10. The third kappa shape index (κ3) is 3.04. The lowest BCUT2D eigenvalue weighted by molar-refractivity contribution is 0.208. The number of aryl methyl sites for hydroxylation is 1. The first-order valence-corrected chi connectivity index (χ1v) is 6.57. The number of halogens is 1. The molecule has 0 aliphatic rings. The highest BCUT2D eigenvalue weighted by atomic mass is 19.1. The molecule has 0 amide bonds. The fourth-order valence-corrected chi connectivity index (χ4v) is 1.69. The molecule has 1 aromatic heterocycles. The van der Waals surface area contributed by atoms with E-state index in [1.807, 2.05) is 13.8 Å². The molecule has 5 heteroatoms. The van der Waals surface area contributed by atoms with E-state index in [-0.39, 0.29) is 11.9 Å². The Labute approximate surface area is 117 Å². The second-order valence-corrected chi connectivity index (χ2v) is 4.71. The molecule has 0 saturated carbocycles. The minimum Gasteiger partial charge on any atom is -0.488 e. The quantitative estimate of drug-likeness (QED) is 0.929. The van der Waals surface area contributed by atoms with Gasteiger partial charge in [0.25, 0.3) is 0 Å². The zero-order valence-electron chi connectivity index (χ0n) is 11.9. The van der Waals surface area contributed by atoms with Crippen LogP contribution in [0.5, 0.6) is 5.75 Å². The van der Waals surface area contributed by atoms with Gasteiger partial charge in [0.05, 0.1) is 23.7 Å². The van der Waals surface area contributed by atoms with Crippen molar-refractivity contribution in [3.63, 3.8) is 0 Å². The lowest BCUT2D eigenvalue weighted by Gasteiger charge is -2.13. The minimum absolute atomic E-state index is 0.0195. The fourth-order valence-electron chi connectivity index (χ4n) is 1.69. The molecule has 0 radical (unpaired) electrons. The predicted molar refractivity (Wildman–Crippen MR) is 77.0 cm³/mol. The molecule has 1 heterocycles. The van der Waals surface area contributed by atoms with Crippen LogP contribution in [0.4, 0.5) is 10.2 Å². The van der Waals surface area contributed by atoms with Crippen LogP contribution in [-0.2, 0) is 0 Å². The average Bonchev–Trinajstić information content (AvgIpc) is 2.44. The SMILES string of the molecule is CCC(C)Oc1ccc(-c2cnc(N)c(C)n2)cc1F. The van der Waals surface area contributed by atoms with Crippen molar-refractivity contribution >= 4 is 5.82 Å². The number of hydrogen-bond acceptors (Lipinski definition) is 4.